The molecule has 31 heavy (non-hydrogen) atoms. The number of benzene rings is 2. The molecule has 1 aliphatic heterocycles. The van der Waals surface area contributed by atoms with Crippen molar-refractivity contribution in [3.63, 3.8) is 0 Å². The highest BCUT2D eigenvalue weighted by molar-refractivity contribution is 9.10. The number of amides is 1. The predicted molar refractivity (Wildman–Crippen MR) is 127 cm³/mol. The molecule has 0 radical (unpaired) electrons. The summed E-state index contributed by atoms with van der Waals surface area (Å²) in [5.41, 5.74) is 1.24. The lowest BCUT2D eigenvalue weighted by Gasteiger charge is -2.23. The first-order valence-electron chi connectivity index (χ1n) is 10.1. The number of hydrogen-bond acceptors (Lipinski definition) is 6. The number of fused-ring (bicyclic) bond motifs is 1. The molecule has 1 atom stereocenters. The van der Waals surface area contributed by atoms with Crippen molar-refractivity contribution in [1.29, 1.82) is 0 Å². The third-order valence-corrected chi connectivity index (χ3v) is 8.98. The zero-order valence-corrected chi connectivity index (χ0v) is 20.5. The molecule has 1 amide bonds. The molecule has 3 aromatic rings. The first-order valence-corrected chi connectivity index (χ1v) is 13.2. The summed E-state index contributed by atoms with van der Waals surface area (Å²) in [6.45, 7) is 4.39. The van der Waals surface area contributed by atoms with Crippen LogP contribution in [0.2, 0.25) is 0 Å². The number of rotatable bonds is 6. The zero-order valence-electron chi connectivity index (χ0n) is 17.2. The zero-order chi connectivity index (χ0) is 22.2. The van der Waals surface area contributed by atoms with Gasteiger partial charge in [0.05, 0.1) is 33.0 Å². The highest BCUT2D eigenvalue weighted by atomic mass is 79.9. The van der Waals surface area contributed by atoms with Crippen LogP contribution in [0.4, 0.5) is 5.13 Å². The molecule has 6 nitrogen and oxygen atoms in total. The standard InChI is InChI=1S/C22H23BrN2O4S2/c1-14(2)31(27,28)18-8-5-15(6-9-18)21(26)25(13-17-4-3-11-29-17)22-24-19-10-7-16(23)12-20(19)30-22/h5-10,12,14,17H,3-4,11,13H2,1-2H3. The van der Waals surface area contributed by atoms with Crippen molar-refractivity contribution in [3.05, 3.63) is 52.5 Å². The van der Waals surface area contributed by atoms with Crippen molar-refractivity contribution in [1.82, 2.24) is 4.98 Å². The van der Waals surface area contributed by atoms with Gasteiger partial charge in [-0.25, -0.2) is 13.4 Å². The Bertz CT molecular complexity index is 1200. The maximum atomic E-state index is 13.4. The molecule has 1 aromatic heterocycles. The summed E-state index contributed by atoms with van der Waals surface area (Å²) in [5, 5.41) is 0.0830. The van der Waals surface area contributed by atoms with E-state index in [1.165, 1.54) is 23.5 Å². The minimum Gasteiger partial charge on any atom is -0.376 e. The van der Waals surface area contributed by atoms with E-state index in [1.54, 1.807) is 30.9 Å². The monoisotopic (exact) mass is 522 g/mol. The SMILES string of the molecule is CC(C)S(=O)(=O)c1ccc(C(=O)N(CC2CCCO2)c2nc3ccc(Br)cc3s2)cc1. The molecule has 0 saturated carbocycles. The number of aromatic nitrogens is 1. The topological polar surface area (TPSA) is 76.6 Å². The molecule has 1 unspecified atom stereocenters. The minimum absolute atomic E-state index is 0.0386. The average molecular weight is 523 g/mol. The van der Waals surface area contributed by atoms with Crippen LogP contribution in [0, 0.1) is 0 Å². The predicted octanol–water partition coefficient (Wildman–Crippen LogP) is 5.07. The third kappa shape index (κ3) is 4.69. The van der Waals surface area contributed by atoms with Crippen LogP contribution in [0.5, 0.6) is 0 Å². The van der Waals surface area contributed by atoms with Crippen LogP contribution < -0.4 is 4.90 Å². The van der Waals surface area contributed by atoms with Gasteiger partial charge < -0.3 is 4.74 Å². The van der Waals surface area contributed by atoms with E-state index >= 15 is 0 Å². The molecule has 164 valence electrons. The fourth-order valence-electron chi connectivity index (χ4n) is 3.46. The van der Waals surface area contributed by atoms with E-state index in [0.29, 0.717) is 23.8 Å². The molecule has 2 aromatic carbocycles. The largest absolute Gasteiger partial charge is 0.376 e. The smallest absolute Gasteiger partial charge is 0.260 e. The van der Waals surface area contributed by atoms with Crippen molar-refractivity contribution in [3.8, 4) is 0 Å². The van der Waals surface area contributed by atoms with Gasteiger partial charge in [0, 0.05) is 16.6 Å². The summed E-state index contributed by atoms with van der Waals surface area (Å²) in [7, 11) is -3.39. The Labute approximate surface area is 194 Å². The van der Waals surface area contributed by atoms with Crippen LogP contribution >= 0.6 is 27.3 Å². The molecule has 0 aliphatic carbocycles. The van der Waals surface area contributed by atoms with Crippen LogP contribution in [-0.2, 0) is 14.6 Å². The van der Waals surface area contributed by atoms with Crippen molar-refractivity contribution in [2.45, 2.75) is 42.9 Å². The van der Waals surface area contributed by atoms with Gasteiger partial charge in [0.1, 0.15) is 0 Å². The first-order chi connectivity index (χ1) is 14.8. The normalized spacial score (nSPS) is 16.8. The van der Waals surface area contributed by atoms with Crippen LogP contribution in [0.15, 0.2) is 51.8 Å². The lowest BCUT2D eigenvalue weighted by Crippen LogP contribution is -2.37. The van der Waals surface area contributed by atoms with Gasteiger partial charge in [0.2, 0.25) is 0 Å². The van der Waals surface area contributed by atoms with Crippen molar-refractivity contribution >= 4 is 58.4 Å². The number of thiazole rings is 1. The highest BCUT2D eigenvalue weighted by Crippen LogP contribution is 2.32. The number of carbonyl (C=O) groups is 1. The Hall–Kier alpha value is -1.81. The molecule has 2 heterocycles. The molecule has 1 aliphatic rings. The van der Waals surface area contributed by atoms with E-state index in [4.69, 9.17) is 4.74 Å². The Morgan fingerprint density at radius 1 is 1.26 bits per heavy atom. The lowest BCUT2D eigenvalue weighted by atomic mass is 10.2. The quantitative estimate of drug-likeness (QED) is 0.451. The number of carbonyl (C=O) groups excluding carboxylic acids is 1. The van der Waals surface area contributed by atoms with Crippen LogP contribution in [0.1, 0.15) is 37.0 Å². The summed E-state index contributed by atoms with van der Waals surface area (Å²) >= 11 is 4.93. The highest BCUT2D eigenvalue weighted by Gasteiger charge is 2.28. The lowest BCUT2D eigenvalue weighted by molar-refractivity contribution is 0.0917. The second-order valence-corrected chi connectivity index (χ2v) is 12.2. The van der Waals surface area contributed by atoms with Gasteiger partial charge in [-0.05, 0) is 69.2 Å². The fourth-order valence-corrected chi connectivity index (χ4v) is 6.04. The summed E-state index contributed by atoms with van der Waals surface area (Å²) in [6.07, 6.45) is 1.83. The van der Waals surface area contributed by atoms with Crippen LogP contribution in [0.25, 0.3) is 10.2 Å². The Morgan fingerprint density at radius 2 is 2.00 bits per heavy atom. The van der Waals surface area contributed by atoms with Gasteiger partial charge in [-0.3, -0.25) is 9.69 Å². The minimum atomic E-state index is -3.39. The van der Waals surface area contributed by atoms with Crippen molar-refractivity contribution in [2.75, 3.05) is 18.1 Å². The van der Waals surface area contributed by atoms with Crippen LogP contribution in [0.3, 0.4) is 0 Å². The molecular formula is C22H23BrN2O4S2. The van der Waals surface area contributed by atoms with Gasteiger partial charge in [-0.1, -0.05) is 27.3 Å². The number of sulfone groups is 1. The Balaban J connectivity index is 1.68. The Kier molecular flexibility index (Phi) is 6.48. The number of halogens is 1. The average Bonchev–Trinajstić information content (AvgIpc) is 3.40. The van der Waals surface area contributed by atoms with Crippen molar-refractivity contribution in [2.24, 2.45) is 0 Å². The van der Waals surface area contributed by atoms with E-state index in [9.17, 15) is 13.2 Å². The molecule has 9 heteroatoms. The van der Waals surface area contributed by atoms with Gasteiger partial charge in [0.25, 0.3) is 5.91 Å². The van der Waals surface area contributed by atoms with Crippen LogP contribution in [-0.4, -0.2) is 43.8 Å². The van der Waals surface area contributed by atoms with E-state index in [2.05, 4.69) is 20.9 Å². The van der Waals surface area contributed by atoms with E-state index in [0.717, 1.165) is 27.5 Å². The van der Waals surface area contributed by atoms with E-state index < -0.39 is 15.1 Å². The number of nitrogens with zero attached hydrogens (tertiary/aromatic N) is 2. The molecule has 1 fully saturated rings. The molecule has 0 bridgehead atoms. The summed E-state index contributed by atoms with van der Waals surface area (Å²) in [6, 6.07) is 12.0. The fraction of sp³-hybridized carbons (Fsp3) is 0.364. The number of anilines is 1. The number of hydrogen-bond donors (Lipinski definition) is 0. The maximum Gasteiger partial charge on any atom is 0.260 e. The molecular weight excluding hydrogens is 500 g/mol. The molecule has 4 rings (SSSR count). The first kappa shape index (κ1) is 22.4. The summed E-state index contributed by atoms with van der Waals surface area (Å²) < 4.78 is 32.5. The molecule has 0 spiro atoms. The second-order valence-electron chi connectivity index (χ2n) is 7.78. The maximum absolute atomic E-state index is 13.4. The van der Waals surface area contributed by atoms with Gasteiger partial charge in [0.15, 0.2) is 15.0 Å². The second kappa shape index (κ2) is 8.97. The van der Waals surface area contributed by atoms with E-state index in [1.807, 2.05) is 18.2 Å². The van der Waals surface area contributed by atoms with Crippen molar-refractivity contribution < 1.29 is 17.9 Å². The van der Waals surface area contributed by atoms with Gasteiger partial charge in [-0.2, -0.15) is 0 Å². The number of ether oxygens (including phenoxy) is 1. The Morgan fingerprint density at radius 3 is 2.65 bits per heavy atom. The summed E-state index contributed by atoms with van der Waals surface area (Å²) in [5.74, 6) is -0.220. The summed E-state index contributed by atoms with van der Waals surface area (Å²) in [4.78, 5) is 20.0. The van der Waals surface area contributed by atoms with Gasteiger partial charge in [-0.15, -0.1) is 0 Å². The van der Waals surface area contributed by atoms with E-state index in [-0.39, 0.29) is 16.9 Å². The van der Waals surface area contributed by atoms with Gasteiger partial charge >= 0.3 is 0 Å². The third-order valence-electron chi connectivity index (χ3n) is 5.28. The molecule has 0 N–H and O–H groups in total. The molecule has 1 saturated heterocycles.